The maximum atomic E-state index is 11.6. The first-order valence-corrected chi connectivity index (χ1v) is 7.28. The number of carbonyl (C=O) groups excluding carboxylic acids is 2. The highest BCUT2D eigenvalue weighted by atomic mass is 32.1. The molecule has 0 spiro atoms. The first-order valence-electron chi connectivity index (χ1n) is 6.46. The van der Waals surface area contributed by atoms with Gasteiger partial charge in [-0.3, -0.25) is 9.59 Å². The molecule has 0 aliphatic rings. The van der Waals surface area contributed by atoms with E-state index >= 15 is 0 Å². The third-order valence-electron chi connectivity index (χ3n) is 2.36. The lowest BCUT2D eigenvalue weighted by Crippen LogP contribution is -2.44. The van der Waals surface area contributed by atoms with Gasteiger partial charge in [0.2, 0.25) is 5.91 Å². The van der Waals surface area contributed by atoms with Gasteiger partial charge in [-0.25, -0.2) is 0 Å². The molecule has 0 aliphatic carbocycles. The molecule has 1 amide bonds. The van der Waals surface area contributed by atoms with Crippen LogP contribution in [0.25, 0.3) is 0 Å². The van der Waals surface area contributed by atoms with Gasteiger partial charge in [0, 0.05) is 21.8 Å². The Hall–Kier alpha value is -1.40. The number of methoxy groups -OCH3 is 1. The quantitative estimate of drug-likeness (QED) is 0.780. The molecule has 0 aromatic carbocycles. The molecule has 20 heavy (non-hydrogen) atoms. The lowest BCUT2D eigenvalue weighted by atomic mass is 10.1. The highest BCUT2D eigenvalue weighted by Crippen LogP contribution is 2.17. The zero-order chi connectivity index (χ0) is 15.2. The number of esters is 1. The molecular weight excluding hydrogens is 276 g/mol. The second-order valence-corrected chi connectivity index (χ2v) is 6.78. The molecule has 1 heterocycles. The Balaban J connectivity index is 2.32. The first kappa shape index (κ1) is 16.7. The number of nitrogens with one attached hydrogen (secondary N) is 2. The van der Waals surface area contributed by atoms with Crippen LogP contribution in [0, 0.1) is 0 Å². The molecule has 112 valence electrons. The highest BCUT2D eigenvalue weighted by molar-refractivity contribution is 7.12. The van der Waals surface area contributed by atoms with Crippen molar-refractivity contribution in [3.8, 4) is 0 Å². The number of carbonyl (C=O) groups is 2. The van der Waals surface area contributed by atoms with E-state index in [0.29, 0.717) is 13.0 Å². The summed E-state index contributed by atoms with van der Waals surface area (Å²) in [4.78, 5) is 24.8. The van der Waals surface area contributed by atoms with Crippen molar-refractivity contribution in [3.63, 3.8) is 0 Å². The molecule has 0 atom stereocenters. The van der Waals surface area contributed by atoms with E-state index in [1.165, 1.54) is 7.11 Å². The minimum atomic E-state index is -0.240. The summed E-state index contributed by atoms with van der Waals surface area (Å²) in [6.45, 7) is 6.74. The normalized spacial score (nSPS) is 11.2. The van der Waals surface area contributed by atoms with Crippen LogP contribution < -0.4 is 10.6 Å². The molecule has 0 unspecified atom stereocenters. The van der Waals surface area contributed by atoms with Crippen LogP contribution in [0.1, 0.15) is 30.5 Å². The van der Waals surface area contributed by atoms with Crippen LogP contribution in [0.15, 0.2) is 12.1 Å². The number of hydrogen-bond acceptors (Lipinski definition) is 5. The lowest BCUT2D eigenvalue weighted by molar-refractivity contribution is -0.139. The minimum absolute atomic E-state index is 0.0242. The molecule has 1 rings (SSSR count). The van der Waals surface area contributed by atoms with Gasteiger partial charge >= 0.3 is 5.97 Å². The Bertz CT molecular complexity index is 463. The van der Waals surface area contributed by atoms with E-state index in [4.69, 9.17) is 0 Å². The molecular formula is C14H22N2O3S. The molecule has 0 aliphatic heterocycles. The topological polar surface area (TPSA) is 67.4 Å². The molecule has 0 saturated carbocycles. The van der Waals surface area contributed by atoms with E-state index in [9.17, 15) is 9.59 Å². The van der Waals surface area contributed by atoms with Gasteiger partial charge in [-0.05, 0) is 32.9 Å². The van der Waals surface area contributed by atoms with Crippen molar-refractivity contribution < 1.29 is 14.3 Å². The fourth-order valence-corrected chi connectivity index (χ4v) is 2.56. The summed E-state index contributed by atoms with van der Waals surface area (Å²) >= 11 is 1.55. The number of amides is 1. The summed E-state index contributed by atoms with van der Waals surface area (Å²) in [7, 11) is 1.38. The monoisotopic (exact) mass is 298 g/mol. The van der Waals surface area contributed by atoms with Crippen LogP contribution >= 0.6 is 11.3 Å². The molecule has 2 N–H and O–H groups in total. The standard InChI is InChI=1S/C14H22N2O3S/c1-14(2,3)16-12(17)9-15-8-11-6-5-10(20-11)7-13(18)19-4/h5-6,15H,7-9H2,1-4H3,(H,16,17). The second-order valence-electron chi connectivity index (χ2n) is 5.52. The van der Waals surface area contributed by atoms with E-state index < -0.39 is 0 Å². The van der Waals surface area contributed by atoms with Crippen LogP contribution in [0.2, 0.25) is 0 Å². The van der Waals surface area contributed by atoms with Crippen LogP contribution in [-0.2, 0) is 27.3 Å². The molecule has 0 bridgehead atoms. The molecule has 0 saturated heterocycles. The maximum absolute atomic E-state index is 11.6. The number of rotatable bonds is 6. The second kappa shape index (κ2) is 7.40. The Morgan fingerprint density at radius 2 is 1.90 bits per heavy atom. The van der Waals surface area contributed by atoms with E-state index in [1.807, 2.05) is 32.9 Å². The van der Waals surface area contributed by atoms with E-state index in [0.717, 1.165) is 9.75 Å². The van der Waals surface area contributed by atoms with Crippen LogP contribution in [0.3, 0.4) is 0 Å². The van der Waals surface area contributed by atoms with E-state index in [-0.39, 0.29) is 24.0 Å². The summed E-state index contributed by atoms with van der Waals surface area (Å²) in [5, 5.41) is 5.97. The van der Waals surface area contributed by atoms with Crippen molar-refractivity contribution >= 4 is 23.2 Å². The summed E-state index contributed by atoms with van der Waals surface area (Å²) in [6, 6.07) is 3.87. The first-order chi connectivity index (χ1) is 9.30. The van der Waals surface area contributed by atoms with Crippen LogP contribution in [0.5, 0.6) is 0 Å². The van der Waals surface area contributed by atoms with Gasteiger partial charge in [0.1, 0.15) is 0 Å². The third-order valence-corrected chi connectivity index (χ3v) is 3.45. The average Bonchev–Trinajstić information content (AvgIpc) is 2.74. The van der Waals surface area contributed by atoms with Crippen molar-refractivity contribution in [1.82, 2.24) is 10.6 Å². The summed E-state index contributed by atoms with van der Waals surface area (Å²) in [5.74, 6) is -0.264. The fraction of sp³-hybridized carbons (Fsp3) is 0.571. The van der Waals surface area contributed by atoms with Crippen LogP contribution in [-0.4, -0.2) is 31.1 Å². The fourth-order valence-electron chi connectivity index (χ4n) is 1.59. The van der Waals surface area contributed by atoms with E-state index in [2.05, 4.69) is 15.4 Å². The molecule has 5 nitrogen and oxygen atoms in total. The third kappa shape index (κ3) is 6.68. The number of thiophene rings is 1. The molecule has 0 radical (unpaired) electrons. The predicted octanol–water partition coefficient (Wildman–Crippen LogP) is 1.47. The summed E-state index contributed by atoms with van der Waals surface area (Å²) in [5.41, 5.74) is -0.213. The van der Waals surface area contributed by atoms with Gasteiger partial charge in [-0.2, -0.15) is 0 Å². The number of hydrogen-bond donors (Lipinski definition) is 2. The zero-order valence-corrected chi connectivity index (χ0v) is 13.2. The van der Waals surface area contributed by atoms with Gasteiger partial charge in [-0.1, -0.05) is 0 Å². The highest BCUT2D eigenvalue weighted by Gasteiger charge is 2.13. The average molecular weight is 298 g/mol. The van der Waals surface area contributed by atoms with Gasteiger partial charge in [0.25, 0.3) is 0 Å². The lowest BCUT2D eigenvalue weighted by Gasteiger charge is -2.20. The molecule has 1 aromatic heterocycles. The Morgan fingerprint density at radius 3 is 2.50 bits per heavy atom. The van der Waals surface area contributed by atoms with Crippen molar-refractivity contribution in [3.05, 3.63) is 21.9 Å². The minimum Gasteiger partial charge on any atom is -0.469 e. The van der Waals surface area contributed by atoms with Gasteiger partial charge in [-0.15, -0.1) is 11.3 Å². The van der Waals surface area contributed by atoms with Crippen molar-refractivity contribution in [1.29, 1.82) is 0 Å². The Kier molecular flexibility index (Phi) is 6.16. The maximum Gasteiger partial charge on any atom is 0.310 e. The van der Waals surface area contributed by atoms with Gasteiger partial charge in [0.15, 0.2) is 0 Å². The number of ether oxygens (including phenoxy) is 1. The van der Waals surface area contributed by atoms with Crippen LogP contribution in [0.4, 0.5) is 0 Å². The Labute approximate surface area is 123 Å². The zero-order valence-electron chi connectivity index (χ0n) is 12.4. The molecule has 6 heteroatoms. The largest absolute Gasteiger partial charge is 0.469 e. The summed E-state index contributed by atoms with van der Waals surface area (Å²) < 4.78 is 4.62. The Morgan fingerprint density at radius 1 is 1.25 bits per heavy atom. The van der Waals surface area contributed by atoms with E-state index in [1.54, 1.807) is 11.3 Å². The SMILES string of the molecule is COC(=O)Cc1ccc(CNCC(=O)NC(C)(C)C)s1. The van der Waals surface area contributed by atoms with Crippen molar-refractivity contribution in [2.75, 3.05) is 13.7 Å². The van der Waals surface area contributed by atoms with Crippen molar-refractivity contribution in [2.24, 2.45) is 0 Å². The van der Waals surface area contributed by atoms with Gasteiger partial charge < -0.3 is 15.4 Å². The van der Waals surface area contributed by atoms with Crippen molar-refractivity contribution in [2.45, 2.75) is 39.3 Å². The van der Waals surface area contributed by atoms with Gasteiger partial charge in [0.05, 0.1) is 20.1 Å². The summed E-state index contributed by atoms with van der Waals surface area (Å²) in [6.07, 6.45) is 0.297. The smallest absolute Gasteiger partial charge is 0.310 e. The molecule has 1 aromatic rings. The predicted molar refractivity (Wildman–Crippen MR) is 79.6 cm³/mol. The molecule has 0 fully saturated rings.